The van der Waals surface area contributed by atoms with E-state index in [9.17, 15) is 19.5 Å². The van der Waals surface area contributed by atoms with Crippen molar-refractivity contribution >= 4 is 17.8 Å². The number of imide groups is 1. The highest BCUT2D eigenvalue weighted by molar-refractivity contribution is 6.05. The number of amides is 2. The molecule has 5 nitrogen and oxygen atoms in total. The zero-order valence-corrected chi connectivity index (χ0v) is 10.8. The summed E-state index contributed by atoms with van der Waals surface area (Å²) < 4.78 is 0. The third kappa shape index (κ3) is 1.56. The first kappa shape index (κ1) is 13.1. The van der Waals surface area contributed by atoms with Gasteiger partial charge in [0.1, 0.15) is 5.54 Å². The van der Waals surface area contributed by atoms with E-state index in [1.807, 2.05) is 0 Å². The van der Waals surface area contributed by atoms with Gasteiger partial charge in [-0.05, 0) is 32.1 Å². The van der Waals surface area contributed by atoms with Gasteiger partial charge in [-0.25, -0.2) is 4.79 Å². The summed E-state index contributed by atoms with van der Waals surface area (Å²) in [6.45, 7) is 3.43. The van der Waals surface area contributed by atoms with Crippen LogP contribution in [0.1, 0.15) is 46.0 Å². The molecule has 1 saturated heterocycles. The van der Waals surface area contributed by atoms with Crippen LogP contribution in [0.3, 0.4) is 0 Å². The number of carbonyl (C=O) groups is 3. The van der Waals surface area contributed by atoms with Gasteiger partial charge in [0.2, 0.25) is 11.8 Å². The molecule has 2 amide bonds. The Labute approximate surface area is 106 Å². The van der Waals surface area contributed by atoms with E-state index in [1.165, 1.54) is 0 Å². The minimum atomic E-state index is -1.35. The van der Waals surface area contributed by atoms with E-state index in [-0.39, 0.29) is 36.5 Å². The van der Waals surface area contributed by atoms with Crippen LogP contribution in [0.15, 0.2) is 0 Å². The van der Waals surface area contributed by atoms with Crippen molar-refractivity contribution in [2.45, 2.75) is 51.5 Å². The van der Waals surface area contributed by atoms with Gasteiger partial charge in [-0.1, -0.05) is 13.8 Å². The highest BCUT2D eigenvalue weighted by Crippen LogP contribution is 2.42. The van der Waals surface area contributed by atoms with E-state index in [4.69, 9.17) is 0 Å². The third-order valence-corrected chi connectivity index (χ3v) is 4.57. The normalized spacial score (nSPS) is 27.8. The molecule has 1 heterocycles. The second-order valence-corrected chi connectivity index (χ2v) is 5.26. The number of fused-ring (bicyclic) bond motifs is 2. The zero-order valence-electron chi connectivity index (χ0n) is 10.8. The molecule has 2 fully saturated rings. The van der Waals surface area contributed by atoms with Crippen molar-refractivity contribution < 1.29 is 19.5 Å². The Hall–Kier alpha value is -1.39. The summed E-state index contributed by atoms with van der Waals surface area (Å²) in [6, 6.07) is 0. The van der Waals surface area contributed by atoms with E-state index < -0.39 is 11.5 Å². The molecule has 2 unspecified atom stereocenters. The first-order valence-corrected chi connectivity index (χ1v) is 6.59. The molecule has 5 heteroatoms. The molecule has 0 radical (unpaired) electrons. The fraction of sp³-hybridized carbons (Fsp3) is 0.769. The van der Waals surface area contributed by atoms with Crippen LogP contribution in [0.2, 0.25) is 0 Å². The van der Waals surface area contributed by atoms with Crippen molar-refractivity contribution in [1.29, 1.82) is 0 Å². The van der Waals surface area contributed by atoms with E-state index in [0.717, 1.165) is 17.7 Å². The Morgan fingerprint density at radius 3 is 2.00 bits per heavy atom. The Bertz CT molecular complexity index is 378. The number of rotatable bonds is 4. The lowest BCUT2D eigenvalue weighted by molar-refractivity contribution is -0.173. The average molecular weight is 253 g/mol. The summed E-state index contributed by atoms with van der Waals surface area (Å²) in [5.41, 5.74) is -1.35. The predicted molar refractivity (Wildman–Crippen MR) is 63.6 cm³/mol. The molecule has 1 saturated carbocycles. The lowest BCUT2D eigenvalue weighted by Gasteiger charge is -2.42. The highest BCUT2D eigenvalue weighted by Gasteiger charge is 2.55. The third-order valence-electron chi connectivity index (χ3n) is 4.57. The molecule has 1 aliphatic carbocycles. The molecule has 0 aromatic rings. The molecule has 0 spiro atoms. The van der Waals surface area contributed by atoms with Gasteiger partial charge in [-0.2, -0.15) is 0 Å². The molecule has 2 bridgehead atoms. The Morgan fingerprint density at radius 1 is 1.22 bits per heavy atom. The number of piperidine rings is 1. The van der Waals surface area contributed by atoms with Crippen LogP contribution in [0.4, 0.5) is 0 Å². The highest BCUT2D eigenvalue weighted by atomic mass is 16.4. The maximum atomic E-state index is 12.3. The van der Waals surface area contributed by atoms with Gasteiger partial charge in [0, 0.05) is 11.8 Å². The largest absolute Gasteiger partial charge is 0.479 e. The average Bonchev–Trinajstić information content (AvgIpc) is 2.79. The molecule has 2 aliphatic rings. The summed E-state index contributed by atoms with van der Waals surface area (Å²) in [5.74, 6) is -1.93. The Balaban J connectivity index is 2.44. The topological polar surface area (TPSA) is 74.7 Å². The van der Waals surface area contributed by atoms with Crippen LogP contribution in [0.25, 0.3) is 0 Å². The summed E-state index contributed by atoms with van der Waals surface area (Å²) in [5, 5.41) is 9.46. The SMILES string of the molecule is CCC(CC)(C(=O)O)N1C(=O)C2CCC(C2)C1=O. The van der Waals surface area contributed by atoms with Crippen LogP contribution < -0.4 is 0 Å². The number of hydrogen-bond acceptors (Lipinski definition) is 3. The first-order valence-electron chi connectivity index (χ1n) is 6.59. The molecule has 2 rings (SSSR count). The van der Waals surface area contributed by atoms with Gasteiger partial charge < -0.3 is 5.11 Å². The first-order chi connectivity index (χ1) is 8.47. The van der Waals surface area contributed by atoms with Crippen molar-refractivity contribution in [2.75, 3.05) is 0 Å². The molecular weight excluding hydrogens is 234 g/mol. The summed E-state index contributed by atoms with van der Waals surface area (Å²) in [6.07, 6.45) is 2.56. The quantitative estimate of drug-likeness (QED) is 0.769. The molecular formula is C13H19NO4. The molecule has 1 aliphatic heterocycles. The minimum absolute atomic E-state index is 0.149. The van der Waals surface area contributed by atoms with Crippen LogP contribution in [0.5, 0.6) is 0 Å². The molecule has 0 aromatic carbocycles. The van der Waals surface area contributed by atoms with E-state index in [1.54, 1.807) is 13.8 Å². The number of aliphatic carboxylic acids is 1. The Morgan fingerprint density at radius 2 is 1.67 bits per heavy atom. The number of carboxylic acid groups (broad SMARTS) is 1. The number of carbonyl (C=O) groups excluding carboxylic acids is 2. The molecule has 18 heavy (non-hydrogen) atoms. The van der Waals surface area contributed by atoms with Crippen molar-refractivity contribution in [2.24, 2.45) is 11.8 Å². The summed E-state index contributed by atoms with van der Waals surface area (Å²) >= 11 is 0. The van der Waals surface area contributed by atoms with Crippen LogP contribution in [0, 0.1) is 11.8 Å². The minimum Gasteiger partial charge on any atom is -0.479 e. The fourth-order valence-corrected chi connectivity index (χ4v) is 3.29. The fourth-order valence-electron chi connectivity index (χ4n) is 3.29. The zero-order chi connectivity index (χ0) is 13.5. The lowest BCUT2D eigenvalue weighted by atomic mass is 9.85. The molecule has 2 atom stereocenters. The second kappa shape index (κ2) is 4.37. The number of carboxylic acids is 1. The summed E-state index contributed by atoms with van der Waals surface area (Å²) in [7, 11) is 0. The number of nitrogens with zero attached hydrogens (tertiary/aromatic N) is 1. The van der Waals surface area contributed by atoms with Gasteiger partial charge in [0.25, 0.3) is 0 Å². The van der Waals surface area contributed by atoms with Gasteiger partial charge in [0.15, 0.2) is 0 Å². The van der Waals surface area contributed by atoms with E-state index in [0.29, 0.717) is 6.42 Å². The van der Waals surface area contributed by atoms with Gasteiger partial charge in [0.05, 0.1) is 0 Å². The monoisotopic (exact) mass is 253 g/mol. The molecule has 100 valence electrons. The summed E-state index contributed by atoms with van der Waals surface area (Å²) in [4.78, 5) is 37.2. The molecule has 0 aromatic heterocycles. The second-order valence-electron chi connectivity index (χ2n) is 5.26. The Kier molecular flexibility index (Phi) is 3.17. The van der Waals surface area contributed by atoms with Gasteiger partial charge in [-0.15, -0.1) is 0 Å². The number of hydrogen-bond donors (Lipinski definition) is 1. The van der Waals surface area contributed by atoms with Crippen molar-refractivity contribution in [1.82, 2.24) is 4.90 Å². The van der Waals surface area contributed by atoms with Gasteiger partial charge in [-0.3, -0.25) is 14.5 Å². The predicted octanol–water partition coefficient (Wildman–Crippen LogP) is 1.41. The van der Waals surface area contributed by atoms with Crippen LogP contribution >= 0.6 is 0 Å². The maximum Gasteiger partial charge on any atom is 0.330 e. The smallest absolute Gasteiger partial charge is 0.330 e. The number of likely N-dealkylation sites (tertiary alicyclic amines) is 1. The molecule has 1 N–H and O–H groups in total. The van der Waals surface area contributed by atoms with E-state index in [2.05, 4.69) is 0 Å². The van der Waals surface area contributed by atoms with Crippen molar-refractivity contribution in [3.8, 4) is 0 Å². The standard InChI is InChI=1S/C13H19NO4/c1-3-13(4-2,12(17)18)14-10(15)8-5-6-9(7-8)11(14)16/h8-9H,3-7H2,1-2H3,(H,17,18). The van der Waals surface area contributed by atoms with Crippen molar-refractivity contribution in [3.63, 3.8) is 0 Å². The van der Waals surface area contributed by atoms with Gasteiger partial charge >= 0.3 is 5.97 Å². The van der Waals surface area contributed by atoms with Crippen molar-refractivity contribution in [3.05, 3.63) is 0 Å². The maximum absolute atomic E-state index is 12.3. The van der Waals surface area contributed by atoms with Crippen LogP contribution in [-0.2, 0) is 14.4 Å². The van der Waals surface area contributed by atoms with Crippen LogP contribution in [-0.4, -0.2) is 33.3 Å². The van der Waals surface area contributed by atoms with E-state index >= 15 is 0 Å². The lowest BCUT2D eigenvalue weighted by Crippen LogP contribution is -2.62.